The number of imidazole rings is 1. The maximum atomic E-state index is 18.3. The van der Waals surface area contributed by atoms with E-state index in [-0.39, 0.29) is 47.1 Å². The molecule has 4 N–H and O–H groups in total. The smallest absolute Gasteiger partial charge is 0.497 e. The molecule has 4 aromatic heterocycles. The van der Waals surface area contributed by atoms with Crippen LogP contribution in [0.25, 0.3) is 22.3 Å². The lowest BCUT2D eigenvalue weighted by Gasteiger charge is -2.39. The average Bonchev–Trinajstić information content (AvgIpc) is 1.77. The number of nitrogens with one attached hydrogen (secondary N) is 3. The summed E-state index contributed by atoms with van der Waals surface area (Å²) in [6, 6.07) is 34.4. The van der Waals surface area contributed by atoms with E-state index in [9.17, 15) is 29.1 Å². The van der Waals surface area contributed by atoms with Crippen LogP contribution in [0.3, 0.4) is 0 Å². The van der Waals surface area contributed by atoms with Crippen LogP contribution in [-0.2, 0) is 51.7 Å². The van der Waals surface area contributed by atoms with E-state index in [0.29, 0.717) is 33.8 Å². The van der Waals surface area contributed by atoms with Crippen molar-refractivity contribution in [2.24, 2.45) is 5.92 Å². The first-order chi connectivity index (χ1) is 43.6. The molecule has 2 aliphatic rings. The zero-order chi connectivity index (χ0) is 64.8. The largest absolute Gasteiger partial charge is 0.695 e. The number of amides is 2. The van der Waals surface area contributed by atoms with Crippen molar-refractivity contribution in [3.8, 4) is 17.6 Å². The summed E-state index contributed by atoms with van der Waals surface area (Å²) in [5.41, 5.74) is -0.126. The van der Waals surface area contributed by atoms with Gasteiger partial charge in [-0.15, -0.1) is 14.5 Å². The van der Waals surface area contributed by atoms with E-state index in [1.165, 1.54) is 10.9 Å². The number of hydrogen-bond donors (Lipinski definition) is 4. The number of nitrogens with zero attached hydrogens (tertiary/aromatic N) is 9. The Morgan fingerprint density at radius 2 is 1.45 bits per heavy atom. The number of benzene rings is 4. The lowest BCUT2D eigenvalue weighted by atomic mass is 9.80. The Bertz CT molecular complexity index is 3910. The normalized spacial score (nSPS) is 20.8. The van der Waals surface area contributed by atoms with Crippen LogP contribution in [0.4, 0.5) is 16.2 Å². The summed E-state index contributed by atoms with van der Waals surface area (Å²) < 4.78 is 97.9. The second-order valence-corrected chi connectivity index (χ2v) is 29.6. The van der Waals surface area contributed by atoms with Crippen LogP contribution in [0.2, 0.25) is 18.1 Å². The number of H-pyrrole nitrogens is 1. The molecular weight excluding hydrogens is 1240 g/mol. The summed E-state index contributed by atoms with van der Waals surface area (Å²) in [7, 11) is -5.93. The van der Waals surface area contributed by atoms with Crippen LogP contribution >= 0.6 is 16.9 Å². The monoisotopic (exact) mass is 1310 g/mol. The first kappa shape index (κ1) is 66.0. The number of fused-ring (bicyclic) bond motifs is 2. The highest BCUT2D eigenvalue weighted by atomic mass is 31.2. The number of ether oxygens (including phenoxy) is 5. The number of hydrogen-bond acceptors (Lipinski definition) is 21. The zero-order valence-corrected chi connectivity index (χ0v) is 53.8. The summed E-state index contributed by atoms with van der Waals surface area (Å²) in [5.74, 6) is -0.503. The van der Waals surface area contributed by atoms with Crippen LogP contribution in [-0.4, -0.2) is 140 Å². The molecule has 2 aliphatic heterocycles. The van der Waals surface area contributed by atoms with Crippen molar-refractivity contribution in [3.05, 3.63) is 154 Å². The van der Waals surface area contributed by atoms with E-state index in [0.717, 1.165) is 11.0 Å². The van der Waals surface area contributed by atoms with Gasteiger partial charge in [0, 0.05) is 16.0 Å². The second kappa shape index (κ2) is 28.3. The fourth-order valence-corrected chi connectivity index (χ4v) is 13.0. The van der Waals surface area contributed by atoms with Crippen LogP contribution < -0.4 is 25.7 Å². The molecule has 10 rings (SSSR count). The van der Waals surface area contributed by atoms with Crippen molar-refractivity contribution >= 4 is 71.1 Å². The minimum absolute atomic E-state index is 0.00857. The van der Waals surface area contributed by atoms with Gasteiger partial charge in [0.25, 0.3) is 11.5 Å². The number of nitriles is 1. The van der Waals surface area contributed by atoms with Crippen molar-refractivity contribution in [2.45, 2.75) is 114 Å². The average molecular weight is 1310 g/mol. The molecule has 27 nitrogen and oxygen atoms in total. The quantitative estimate of drug-likeness (QED) is 0.0170. The molecule has 8 aromatic rings. The number of aromatic nitrogens is 9. The van der Waals surface area contributed by atoms with Gasteiger partial charge in [-0.1, -0.05) is 113 Å². The Kier molecular flexibility index (Phi) is 20.5. The number of methoxy groups -OCH3 is 2. The van der Waals surface area contributed by atoms with Gasteiger partial charge in [-0.3, -0.25) is 29.3 Å². The predicted octanol–water partition coefficient (Wildman–Crippen LogP) is 9.34. The maximum absolute atomic E-state index is 18.3. The third kappa shape index (κ3) is 14.3. The number of anilines is 2. The van der Waals surface area contributed by atoms with E-state index < -0.39 is 121 Å². The molecule has 91 heavy (non-hydrogen) atoms. The molecule has 2 saturated heterocycles. The van der Waals surface area contributed by atoms with Gasteiger partial charge in [-0.05, 0) is 71.2 Å². The Morgan fingerprint density at radius 3 is 2.07 bits per heavy atom. The Morgan fingerprint density at radius 1 is 0.824 bits per heavy atom. The maximum Gasteiger partial charge on any atom is 0.695 e. The first-order valence-electron chi connectivity index (χ1n) is 28.9. The third-order valence-corrected chi connectivity index (χ3v) is 21.9. The van der Waals surface area contributed by atoms with E-state index in [2.05, 4.69) is 45.9 Å². The molecule has 478 valence electrons. The van der Waals surface area contributed by atoms with Crippen LogP contribution in [0.15, 0.2) is 127 Å². The van der Waals surface area contributed by atoms with E-state index in [4.69, 9.17) is 46.2 Å². The highest BCUT2D eigenvalue weighted by Gasteiger charge is 2.56. The highest BCUT2D eigenvalue weighted by Crippen LogP contribution is 2.51. The van der Waals surface area contributed by atoms with Gasteiger partial charge < -0.3 is 47.0 Å². The van der Waals surface area contributed by atoms with Gasteiger partial charge in [0.05, 0.1) is 52.9 Å². The van der Waals surface area contributed by atoms with Gasteiger partial charge >= 0.3 is 16.9 Å². The van der Waals surface area contributed by atoms with E-state index >= 15 is 4.39 Å². The topological polar surface area (TPSA) is 332 Å². The van der Waals surface area contributed by atoms with Gasteiger partial charge in [0.1, 0.15) is 47.8 Å². The predicted molar refractivity (Wildman–Crippen MR) is 331 cm³/mol. The molecule has 0 radical (unpaired) electrons. The molecule has 2 fully saturated rings. The minimum Gasteiger partial charge on any atom is -0.497 e. The number of alkyl halides is 1. The van der Waals surface area contributed by atoms with Crippen molar-refractivity contribution in [1.82, 2.24) is 44.5 Å². The summed E-state index contributed by atoms with van der Waals surface area (Å²) in [4.78, 5) is 70.2. The SMILES string of the molecule is COc1ccc(C(OC[C@H]2O[C@@H](n3nnc4c(NC(=O)c5ccccc5)ncnc43)[C@@H](F)[C@@H]2OP(OCCC#N)OC[C@H]2O[C@@H](n3cnc4c(=O)[nH]c(NC(=O)C(C)C)nc43)[C@@H](O[P+](=O)O)[C@@H]2O[Si](C)(C)C(C)(C)C)(c2ccccc2)c2ccc(OC)cc2)cc1. The van der Waals surface area contributed by atoms with Crippen molar-refractivity contribution in [2.75, 3.05) is 44.7 Å². The molecule has 6 heterocycles. The standard InChI is InChI=1S/C60H67FN12O15P2Si/c1-35(2)53(74)68-58-67-52-46(55(76)69-58)65-34-72(52)57-49(86-89(77)78)48(88-91(8,9)59(3,4)5)43(85-57)32-83-90(82-30-16-29-62)87-47-42(84-56(44(47)61)73-51-45(70-71-73)50(63-33-64-51)66-54(75)36-17-12-10-13-18-36)31-81-60(37-19-14-11-15-20-37,38-21-25-40(79-6)26-22-38)39-23-27-41(80-7)28-24-39/h10-15,17-28,33-35,42-44,47-49,56-57H,16,30-32H2,1-9H3,(H3-,63,64,66,67,68,69,71,74,75,76,77,78)/p+1/t42-,43-,44+,47-,48-,49+,56-,57-,90?/m1/s1. The molecule has 0 saturated carbocycles. The number of halogens is 1. The number of aromatic amines is 1. The molecule has 0 spiro atoms. The molecule has 31 heteroatoms. The van der Waals surface area contributed by atoms with Gasteiger partial charge in [0.15, 0.2) is 61.2 Å². The van der Waals surface area contributed by atoms with Crippen LogP contribution in [0.5, 0.6) is 11.5 Å². The summed E-state index contributed by atoms with van der Waals surface area (Å²) in [6.07, 6.45) is -9.88. The molecule has 0 bridgehead atoms. The fraction of sp³-hybridized carbons (Fsp3) is 0.400. The van der Waals surface area contributed by atoms with Crippen molar-refractivity contribution in [1.29, 1.82) is 5.26 Å². The second-order valence-electron chi connectivity index (χ2n) is 23.0. The van der Waals surface area contributed by atoms with Gasteiger partial charge in [-0.2, -0.15) is 14.9 Å². The summed E-state index contributed by atoms with van der Waals surface area (Å²) >= 11 is 0. The third-order valence-electron chi connectivity index (χ3n) is 15.8. The molecule has 2 amide bonds. The molecule has 2 unspecified atom stereocenters. The zero-order valence-electron chi connectivity index (χ0n) is 51.0. The summed E-state index contributed by atoms with van der Waals surface area (Å²) in [5, 5.41) is 23.3. The minimum atomic E-state index is -3.37. The Balaban J connectivity index is 1.04. The lowest BCUT2D eigenvalue weighted by molar-refractivity contribution is -0.118. The highest BCUT2D eigenvalue weighted by molar-refractivity contribution is 7.41. The summed E-state index contributed by atoms with van der Waals surface area (Å²) in [6.45, 7) is 12.0. The van der Waals surface area contributed by atoms with Crippen molar-refractivity contribution in [3.63, 3.8) is 0 Å². The first-order valence-corrected chi connectivity index (χ1v) is 34.0. The van der Waals surface area contributed by atoms with Gasteiger partial charge in [0.2, 0.25) is 11.9 Å². The van der Waals surface area contributed by atoms with E-state index in [1.807, 2.05) is 94.5 Å². The molecule has 4 aromatic carbocycles. The Labute approximate surface area is 524 Å². The van der Waals surface area contributed by atoms with Crippen molar-refractivity contribution < 1.29 is 69.6 Å². The van der Waals surface area contributed by atoms with E-state index in [1.54, 1.807) is 82.7 Å². The van der Waals surface area contributed by atoms with Crippen LogP contribution in [0.1, 0.15) is 80.5 Å². The lowest BCUT2D eigenvalue weighted by Crippen LogP contribution is -2.50. The van der Waals surface area contributed by atoms with Gasteiger partial charge in [-0.25, -0.2) is 19.3 Å². The van der Waals surface area contributed by atoms with Crippen LogP contribution in [0, 0.1) is 17.2 Å². The number of carbonyl (C=O) groups is 2. The molecular formula is C60H68FN12O15P2Si+. The molecule has 10 atom stereocenters. The number of rotatable bonds is 26. The number of carbonyl (C=O) groups excluding carboxylic acids is 2. The Hall–Kier alpha value is -7.94. The molecule has 0 aliphatic carbocycles. The fourth-order valence-electron chi connectivity index (χ4n) is 10.1.